The molecule has 2 N–H and O–H groups in total. The maximum Gasteiger partial charge on any atom is 0.327 e. The minimum atomic E-state index is -1.19. The molecule has 2 atom stereocenters. The summed E-state index contributed by atoms with van der Waals surface area (Å²) in [5.41, 5.74) is -0.431. The zero-order valence-electron chi connectivity index (χ0n) is 16.2. The van der Waals surface area contributed by atoms with Crippen molar-refractivity contribution in [2.45, 2.75) is 45.8 Å². The van der Waals surface area contributed by atoms with E-state index < -0.39 is 42.0 Å². The van der Waals surface area contributed by atoms with E-state index in [2.05, 4.69) is 10.6 Å². The van der Waals surface area contributed by atoms with Gasteiger partial charge in [0.05, 0.1) is 5.69 Å². The first kappa shape index (κ1) is 21.1. The first-order valence-electron chi connectivity index (χ1n) is 8.83. The predicted molar refractivity (Wildman–Crippen MR) is 99.6 cm³/mol. The predicted octanol–water partition coefficient (Wildman–Crippen LogP) is 1.48. The minimum absolute atomic E-state index is 0.224. The Labute approximate surface area is 162 Å². The summed E-state index contributed by atoms with van der Waals surface area (Å²) >= 11 is 0. The van der Waals surface area contributed by atoms with E-state index in [9.17, 15) is 24.0 Å². The molecule has 0 aromatic heterocycles. The third-order valence-electron chi connectivity index (χ3n) is 4.58. The number of ether oxygens (including phenoxy) is 1. The Morgan fingerprint density at radius 3 is 2.46 bits per heavy atom. The van der Waals surface area contributed by atoms with Gasteiger partial charge in [0.15, 0.2) is 11.9 Å². The summed E-state index contributed by atoms with van der Waals surface area (Å²) in [6.07, 6.45) is -0.817. The van der Waals surface area contributed by atoms with E-state index in [4.69, 9.17) is 4.74 Å². The summed E-state index contributed by atoms with van der Waals surface area (Å²) in [4.78, 5) is 61.0. The number of carbonyl (C=O) groups is 5. The van der Waals surface area contributed by atoms with Crippen LogP contribution < -0.4 is 10.6 Å². The molecule has 1 heterocycles. The van der Waals surface area contributed by atoms with Crippen LogP contribution in [0.4, 0.5) is 10.5 Å². The van der Waals surface area contributed by atoms with Crippen molar-refractivity contribution in [2.24, 2.45) is 0 Å². The number of hydrogen-bond donors (Lipinski definition) is 2. The van der Waals surface area contributed by atoms with Gasteiger partial charge >= 0.3 is 12.0 Å². The lowest BCUT2D eigenvalue weighted by Gasteiger charge is -2.19. The number of Topliss-reactive ketones (excluding diaryl/α,β-unsaturated/α-hetero) is 1. The highest BCUT2D eigenvalue weighted by Gasteiger charge is 2.47. The summed E-state index contributed by atoms with van der Waals surface area (Å²) in [6, 6.07) is 5.76. The van der Waals surface area contributed by atoms with Crippen LogP contribution in [0.25, 0.3) is 0 Å². The van der Waals surface area contributed by atoms with Crippen molar-refractivity contribution in [3.63, 3.8) is 0 Å². The number of benzene rings is 1. The van der Waals surface area contributed by atoms with Crippen LogP contribution in [0.5, 0.6) is 0 Å². The quantitative estimate of drug-likeness (QED) is 0.414. The molecule has 1 aliphatic heterocycles. The summed E-state index contributed by atoms with van der Waals surface area (Å²) in [5, 5.41) is 5.06. The van der Waals surface area contributed by atoms with Crippen molar-refractivity contribution in [2.75, 3.05) is 11.9 Å². The minimum Gasteiger partial charge on any atom is -0.451 e. The van der Waals surface area contributed by atoms with Gasteiger partial charge in [0, 0.05) is 5.56 Å². The lowest BCUT2D eigenvalue weighted by atomic mass is 9.99. The van der Waals surface area contributed by atoms with Crippen molar-refractivity contribution in [3.05, 3.63) is 29.8 Å². The van der Waals surface area contributed by atoms with Gasteiger partial charge in [-0.1, -0.05) is 19.1 Å². The number of rotatable bonds is 7. The second-order valence-corrected chi connectivity index (χ2v) is 6.73. The molecule has 1 saturated heterocycles. The summed E-state index contributed by atoms with van der Waals surface area (Å²) in [6.45, 7) is 5.44. The Bertz CT molecular complexity index is 837. The number of nitrogens with zero attached hydrogens (tertiary/aromatic N) is 1. The molecule has 9 heteroatoms. The monoisotopic (exact) mass is 389 g/mol. The Hall–Kier alpha value is -3.23. The number of urea groups is 1. The number of esters is 1. The summed E-state index contributed by atoms with van der Waals surface area (Å²) in [5.74, 6) is -2.29. The SMILES string of the molecule is CC[C@@]1(C)NC(=O)N(CC(=O)O[C@H](C)C(=O)Nc2ccccc2C(C)=O)C1=O. The molecule has 0 saturated carbocycles. The van der Waals surface area contributed by atoms with Gasteiger partial charge in [-0.2, -0.15) is 0 Å². The van der Waals surface area contributed by atoms with E-state index in [1.807, 2.05) is 0 Å². The van der Waals surface area contributed by atoms with E-state index in [-0.39, 0.29) is 5.78 Å². The van der Waals surface area contributed by atoms with Gasteiger partial charge in [-0.15, -0.1) is 0 Å². The standard InChI is InChI=1S/C19H23N3O6/c1-5-19(4)17(26)22(18(27)21-19)10-15(24)28-12(3)16(25)20-14-9-7-6-8-13(14)11(2)23/h6-9,12H,5,10H2,1-4H3,(H,20,25)(H,21,27)/t12-,19-/m1/s1. The molecule has 0 unspecified atom stereocenters. The molecule has 1 aromatic rings. The third-order valence-corrected chi connectivity index (χ3v) is 4.58. The second kappa shape index (κ2) is 8.20. The summed E-state index contributed by atoms with van der Waals surface area (Å²) in [7, 11) is 0. The number of amides is 4. The molecule has 4 amide bonds. The number of imide groups is 1. The molecule has 1 fully saturated rings. The molecule has 0 spiro atoms. The van der Waals surface area contributed by atoms with Crippen LogP contribution >= 0.6 is 0 Å². The number of nitrogens with one attached hydrogen (secondary N) is 2. The van der Waals surface area contributed by atoms with E-state index >= 15 is 0 Å². The zero-order chi connectivity index (χ0) is 21.1. The number of anilines is 1. The fourth-order valence-electron chi connectivity index (χ4n) is 2.68. The highest BCUT2D eigenvalue weighted by Crippen LogP contribution is 2.21. The van der Waals surface area contributed by atoms with Gasteiger partial charge in [0.1, 0.15) is 12.1 Å². The molecule has 150 valence electrons. The largest absolute Gasteiger partial charge is 0.451 e. The van der Waals surface area contributed by atoms with Gasteiger partial charge in [0.25, 0.3) is 11.8 Å². The number of carbonyl (C=O) groups excluding carboxylic acids is 5. The zero-order valence-corrected chi connectivity index (χ0v) is 16.2. The average Bonchev–Trinajstić information content (AvgIpc) is 2.85. The lowest BCUT2D eigenvalue weighted by molar-refractivity contribution is -0.155. The normalized spacial score (nSPS) is 19.8. The van der Waals surface area contributed by atoms with Crippen molar-refractivity contribution >= 4 is 35.3 Å². The maximum absolute atomic E-state index is 12.3. The van der Waals surface area contributed by atoms with E-state index in [0.717, 1.165) is 4.90 Å². The molecule has 0 radical (unpaired) electrons. The van der Waals surface area contributed by atoms with Crippen LogP contribution in [-0.4, -0.2) is 52.7 Å². The number of para-hydroxylation sites is 1. The Balaban J connectivity index is 1.97. The van der Waals surface area contributed by atoms with Crippen LogP contribution in [0.3, 0.4) is 0 Å². The van der Waals surface area contributed by atoms with Gasteiger partial charge in [-0.25, -0.2) is 4.79 Å². The molecular weight excluding hydrogens is 366 g/mol. The lowest BCUT2D eigenvalue weighted by Crippen LogP contribution is -2.44. The fourth-order valence-corrected chi connectivity index (χ4v) is 2.68. The van der Waals surface area contributed by atoms with Crippen molar-refractivity contribution in [1.29, 1.82) is 0 Å². The topological polar surface area (TPSA) is 122 Å². The Morgan fingerprint density at radius 2 is 1.89 bits per heavy atom. The van der Waals surface area contributed by atoms with Crippen LogP contribution in [0.1, 0.15) is 44.5 Å². The molecule has 2 rings (SSSR count). The van der Waals surface area contributed by atoms with Gasteiger partial charge in [-0.05, 0) is 39.3 Å². The number of ketones is 1. The van der Waals surface area contributed by atoms with Crippen molar-refractivity contribution in [1.82, 2.24) is 10.2 Å². The van der Waals surface area contributed by atoms with E-state index in [1.165, 1.54) is 13.8 Å². The van der Waals surface area contributed by atoms with E-state index in [0.29, 0.717) is 17.7 Å². The Morgan fingerprint density at radius 1 is 1.25 bits per heavy atom. The summed E-state index contributed by atoms with van der Waals surface area (Å²) < 4.78 is 5.04. The molecule has 0 aliphatic carbocycles. The highest BCUT2D eigenvalue weighted by atomic mass is 16.5. The van der Waals surface area contributed by atoms with Crippen molar-refractivity contribution < 1.29 is 28.7 Å². The van der Waals surface area contributed by atoms with Gasteiger partial charge < -0.3 is 15.4 Å². The molecule has 28 heavy (non-hydrogen) atoms. The Kier molecular flexibility index (Phi) is 6.17. The van der Waals surface area contributed by atoms with Crippen LogP contribution in [-0.2, 0) is 19.1 Å². The first-order valence-corrected chi connectivity index (χ1v) is 8.83. The van der Waals surface area contributed by atoms with Gasteiger partial charge in [0.2, 0.25) is 0 Å². The third kappa shape index (κ3) is 4.36. The molecule has 0 bridgehead atoms. The molecular formula is C19H23N3O6. The van der Waals surface area contributed by atoms with Crippen LogP contribution in [0.2, 0.25) is 0 Å². The van der Waals surface area contributed by atoms with Crippen LogP contribution in [0.15, 0.2) is 24.3 Å². The maximum atomic E-state index is 12.3. The van der Waals surface area contributed by atoms with E-state index in [1.54, 1.807) is 38.1 Å². The fraction of sp³-hybridized carbons (Fsp3) is 0.421. The highest BCUT2D eigenvalue weighted by molar-refractivity contribution is 6.08. The molecule has 1 aliphatic rings. The first-order chi connectivity index (χ1) is 13.1. The van der Waals surface area contributed by atoms with Gasteiger partial charge in [-0.3, -0.25) is 24.1 Å². The van der Waals surface area contributed by atoms with Crippen molar-refractivity contribution in [3.8, 4) is 0 Å². The molecule has 9 nitrogen and oxygen atoms in total. The average molecular weight is 389 g/mol. The smallest absolute Gasteiger partial charge is 0.327 e. The van der Waals surface area contributed by atoms with Crippen LogP contribution in [0, 0.1) is 0 Å². The molecule has 1 aromatic carbocycles. The number of hydrogen-bond acceptors (Lipinski definition) is 6. The second-order valence-electron chi connectivity index (χ2n) is 6.73.